The summed E-state index contributed by atoms with van der Waals surface area (Å²) in [6.45, 7) is 5.38. The lowest BCUT2D eigenvalue weighted by atomic mass is 9.77. The van der Waals surface area contributed by atoms with Gasteiger partial charge in [-0.1, -0.05) is 26.7 Å². The van der Waals surface area contributed by atoms with Gasteiger partial charge in [0.2, 0.25) is 5.91 Å². The maximum atomic E-state index is 12.8. The van der Waals surface area contributed by atoms with Gasteiger partial charge in [0.1, 0.15) is 12.4 Å². The Labute approximate surface area is 145 Å². The predicted octanol–water partition coefficient (Wildman–Crippen LogP) is 3.99. The molecule has 5 heteroatoms. The summed E-state index contributed by atoms with van der Waals surface area (Å²) in [7, 11) is 0. The lowest BCUT2D eigenvalue weighted by Crippen LogP contribution is -2.35. The van der Waals surface area contributed by atoms with Crippen molar-refractivity contribution in [3.8, 4) is 5.75 Å². The van der Waals surface area contributed by atoms with Crippen LogP contribution in [0.1, 0.15) is 46.0 Å². The molecule has 0 heterocycles. The molecule has 0 aromatic heterocycles. The smallest absolute Gasteiger partial charge is 0.230 e. The van der Waals surface area contributed by atoms with Crippen LogP contribution >= 0.6 is 12.4 Å². The highest BCUT2D eigenvalue weighted by Crippen LogP contribution is 2.44. The largest absolute Gasteiger partial charge is 0.492 e. The van der Waals surface area contributed by atoms with E-state index in [4.69, 9.17) is 10.5 Å². The molecule has 1 aliphatic rings. The van der Waals surface area contributed by atoms with Crippen molar-refractivity contribution in [1.29, 1.82) is 0 Å². The van der Waals surface area contributed by atoms with Crippen LogP contribution in [-0.2, 0) is 4.79 Å². The van der Waals surface area contributed by atoms with Crippen molar-refractivity contribution in [3.63, 3.8) is 0 Å². The summed E-state index contributed by atoms with van der Waals surface area (Å²) in [4.78, 5) is 12.8. The van der Waals surface area contributed by atoms with E-state index < -0.39 is 0 Å². The fourth-order valence-corrected chi connectivity index (χ4v) is 3.43. The summed E-state index contributed by atoms with van der Waals surface area (Å²) < 4.78 is 5.45. The molecule has 0 unspecified atom stereocenters. The molecule has 1 aliphatic carbocycles. The Morgan fingerprint density at radius 1 is 1.26 bits per heavy atom. The number of nitrogens with two attached hydrogens (primary N) is 1. The number of ether oxygens (including phenoxy) is 1. The molecule has 1 aromatic carbocycles. The minimum atomic E-state index is -0.178. The van der Waals surface area contributed by atoms with Gasteiger partial charge in [-0.3, -0.25) is 4.79 Å². The second-order valence-corrected chi connectivity index (χ2v) is 6.70. The van der Waals surface area contributed by atoms with E-state index in [1.165, 1.54) is 0 Å². The highest BCUT2D eigenvalue weighted by molar-refractivity contribution is 5.95. The van der Waals surface area contributed by atoms with Crippen LogP contribution in [-0.4, -0.2) is 19.1 Å². The van der Waals surface area contributed by atoms with Gasteiger partial charge < -0.3 is 15.8 Å². The van der Waals surface area contributed by atoms with Gasteiger partial charge in [-0.2, -0.15) is 0 Å². The maximum absolute atomic E-state index is 12.8. The third-order valence-corrected chi connectivity index (χ3v) is 4.34. The van der Waals surface area contributed by atoms with E-state index in [0.29, 0.717) is 19.1 Å². The topological polar surface area (TPSA) is 64.3 Å². The van der Waals surface area contributed by atoms with Crippen molar-refractivity contribution >= 4 is 24.0 Å². The normalized spacial score (nSPS) is 16.0. The molecule has 1 amide bonds. The van der Waals surface area contributed by atoms with Gasteiger partial charge in [-0.05, 0) is 49.4 Å². The summed E-state index contributed by atoms with van der Waals surface area (Å²) in [5.74, 6) is 1.49. The first-order valence-electron chi connectivity index (χ1n) is 8.30. The van der Waals surface area contributed by atoms with E-state index in [1.54, 1.807) is 0 Å². The predicted molar refractivity (Wildman–Crippen MR) is 97.2 cm³/mol. The van der Waals surface area contributed by atoms with Gasteiger partial charge in [0.05, 0.1) is 0 Å². The van der Waals surface area contributed by atoms with Crippen molar-refractivity contribution in [1.82, 2.24) is 0 Å². The molecule has 0 saturated heterocycles. The van der Waals surface area contributed by atoms with Crippen molar-refractivity contribution in [3.05, 3.63) is 24.3 Å². The highest BCUT2D eigenvalue weighted by atomic mass is 35.5. The van der Waals surface area contributed by atoms with Crippen molar-refractivity contribution < 1.29 is 9.53 Å². The second-order valence-electron chi connectivity index (χ2n) is 6.70. The number of amides is 1. The molecule has 1 aromatic rings. The average molecular weight is 341 g/mol. The zero-order valence-corrected chi connectivity index (χ0v) is 15.0. The number of hydrogen-bond acceptors (Lipinski definition) is 3. The van der Waals surface area contributed by atoms with Gasteiger partial charge in [0.25, 0.3) is 0 Å². The summed E-state index contributed by atoms with van der Waals surface area (Å²) in [6.07, 6.45) is 5.30. The van der Waals surface area contributed by atoms with E-state index in [-0.39, 0.29) is 23.7 Å². The number of rotatable bonds is 7. The molecular weight excluding hydrogens is 312 g/mol. The molecular formula is C18H29ClN2O2. The first-order chi connectivity index (χ1) is 10.6. The Balaban J connectivity index is 0.00000264. The maximum Gasteiger partial charge on any atom is 0.230 e. The average Bonchev–Trinajstić information content (AvgIpc) is 2.95. The summed E-state index contributed by atoms with van der Waals surface area (Å²) in [6, 6.07) is 7.52. The third-order valence-electron chi connectivity index (χ3n) is 4.34. The molecule has 2 rings (SSSR count). The van der Waals surface area contributed by atoms with E-state index >= 15 is 0 Å². The number of hydrogen-bond donors (Lipinski definition) is 2. The molecule has 0 radical (unpaired) electrons. The van der Waals surface area contributed by atoms with E-state index in [2.05, 4.69) is 19.2 Å². The van der Waals surface area contributed by atoms with Crippen LogP contribution in [0.25, 0.3) is 0 Å². The number of anilines is 1. The molecule has 0 aliphatic heterocycles. The lowest BCUT2D eigenvalue weighted by molar-refractivity contribution is -0.126. The number of carbonyl (C=O) groups excluding carboxylic acids is 1. The van der Waals surface area contributed by atoms with Crippen molar-refractivity contribution in [2.75, 3.05) is 18.5 Å². The number of carbonyl (C=O) groups is 1. The number of benzene rings is 1. The first kappa shape index (κ1) is 19.8. The minimum absolute atomic E-state index is 0. The zero-order valence-electron chi connectivity index (χ0n) is 14.1. The second kappa shape index (κ2) is 9.14. The fraction of sp³-hybridized carbons (Fsp3) is 0.611. The molecule has 23 heavy (non-hydrogen) atoms. The van der Waals surface area contributed by atoms with Crippen LogP contribution < -0.4 is 15.8 Å². The van der Waals surface area contributed by atoms with Crippen molar-refractivity contribution in [2.45, 2.75) is 46.0 Å². The summed E-state index contributed by atoms with van der Waals surface area (Å²) >= 11 is 0. The van der Waals surface area contributed by atoms with Crippen LogP contribution in [0.4, 0.5) is 5.69 Å². The quantitative estimate of drug-likeness (QED) is 0.788. The van der Waals surface area contributed by atoms with Crippen LogP contribution in [0.15, 0.2) is 24.3 Å². The van der Waals surface area contributed by atoms with Gasteiger partial charge in [0.15, 0.2) is 0 Å². The van der Waals surface area contributed by atoms with E-state index in [1.807, 2.05) is 24.3 Å². The van der Waals surface area contributed by atoms with Gasteiger partial charge in [0, 0.05) is 17.6 Å². The third kappa shape index (κ3) is 5.40. The van der Waals surface area contributed by atoms with E-state index in [9.17, 15) is 4.79 Å². The van der Waals surface area contributed by atoms with Crippen LogP contribution in [0.3, 0.4) is 0 Å². The van der Waals surface area contributed by atoms with Gasteiger partial charge in [-0.25, -0.2) is 0 Å². The monoisotopic (exact) mass is 340 g/mol. The van der Waals surface area contributed by atoms with Crippen molar-refractivity contribution in [2.24, 2.45) is 17.1 Å². The zero-order chi connectivity index (χ0) is 16.0. The van der Waals surface area contributed by atoms with Gasteiger partial charge in [-0.15, -0.1) is 12.4 Å². The van der Waals surface area contributed by atoms with Crippen LogP contribution in [0, 0.1) is 11.3 Å². The molecule has 130 valence electrons. The summed E-state index contributed by atoms with van der Waals surface area (Å²) in [5, 5.41) is 3.09. The molecule has 0 spiro atoms. The standard InChI is InChI=1S/C18H28N2O2.ClH/c1-14(2)13-18(9-3-4-10-18)17(21)20-15-5-7-16(8-6-15)22-12-11-19;/h5-8,14H,3-4,9-13,19H2,1-2H3,(H,20,21);1H. The lowest BCUT2D eigenvalue weighted by Gasteiger charge is -2.29. The Kier molecular flexibility index (Phi) is 7.86. The minimum Gasteiger partial charge on any atom is -0.492 e. The molecule has 3 N–H and O–H groups in total. The molecule has 1 saturated carbocycles. The Morgan fingerprint density at radius 3 is 2.39 bits per heavy atom. The summed E-state index contributed by atoms with van der Waals surface area (Å²) in [5.41, 5.74) is 6.07. The number of halogens is 1. The Hall–Kier alpha value is -1.26. The fourth-order valence-electron chi connectivity index (χ4n) is 3.43. The highest BCUT2D eigenvalue weighted by Gasteiger charge is 2.41. The van der Waals surface area contributed by atoms with Crippen LogP contribution in [0.2, 0.25) is 0 Å². The molecule has 4 nitrogen and oxygen atoms in total. The van der Waals surface area contributed by atoms with E-state index in [0.717, 1.165) is 43.5 Å². The molecule has 0 atom stereocenters. The van der Waals surface area contributed by atoms with Gasteiger partial charge >= 0.3 is 0 Å². The SMILES string of the molecule is CC(C)CC1(C(=O)Nc2ccc(OCCN)cc2)CCCC1.Cl. The Bertz CT molecular complexity index is 482. The first-order valence-corrected chi connectivity index (χ1v) is 8.30. The molecule has 1 fully saturated rings. The van der Waals surface area contributed by atoms with Crippen LogP contribution in [0.5, 0.6) is 5.75 Å². The Morgan fingerprint density at radius 2 is 1.87 bits per heavy atom. The number of nitrogens with one attached hydrogen (secondary N) is 1. The molecule has 0 bridgehead atoms.